The number of nitrogens with two attached hydrogens (primary N) is 1. The summed E-state index contributed by atoms with van der Waals surface area (Å²) in [5.74, 6) is 0.691. The number of likely N-dealkylation sites (tertiary alicyclic amines) is 1. The van der Waals surface area contributed by atoms with Crippen LogP contribution in [0.25, 0.3) is 10.9 Å². The molecule has 2 unspecified atom stereocenters. The van der Waals surface area contributed by atoms with Crippen molar-refractivity contribution < 1.29 is 0 Å². The molecule has 2 atom stereocenters. The summed E-state index contributed by atoms with van der Waals surface area (Å²) < 4.78 is 1.72. The number of pyridine rings is 1. The molecular weight excluding hydrogens is 402 g/mol. The normalized spacial score (nSPS) is 20.3. The Balaban J connectivity index is 1.34. The second-order valence-corrected chi connectivity index (χ2v) is 8.96. The van der Waals surface area contributed by atoms with Crippen LogP contribution < -0.4 is 21.9 Å². The number of hydrogen-bond donors (Lipinski definition) is 3. The molecule has 8 nitrogen and oxygen atoms in total. The van der Waals surface area contributed by atoms with Gasteiger partial charge in [-0.05, 0) is 30.0 Å². The lowest BCUT2D eigenvalue weighted by Gasteiger charge is -2.27. The van der Waals surface area contributed by atoms with Gasteiger partial charge in [0.2, 0.25) is 5.95 Å². The second kappa shape index (κ2) is 8.88. The summed E-state index contributed by atoms with van der Waals surface area (Å²) in [4.78, 5) is 24.4. The Labute approximate surface area is 187 Å². The second-order valence-electron chi connectivity index (χ2n) is 8.96. The molecule has 1 aromatic carbocycles. The first-order chi connectivity index (χ1) is 15.6. The molecule has 2 saturated heterocycles. The molecule has 0 amide bonds. The highest BCUT2D eigenvalue weighted by Crippen LogP contribution is 2.25. The van der Waals surface area contributed by atoms with Gasteiger partial charge in [-0.15, -0.1) is 0 Å². The Bertz CT molecular complexity index is 1160. The van der Waals surface area contributed by atoms with Crippen LogP contribution in [0.3, 0.4) is 0 Å². The molecule has 0 radical (unpaired) electrons. The van der Waals surface area contributed by atoms with Crippen molar-refractivity contribution in [3.05, 3.63) is 58.0 Å². The van der Waals surface area contributed by atoms with Crippen LogP contribution in [-0.4, -0.2) is 51.2 Å². The molecule has 0 spiro atoms. The lowest BCUT2D eigenvalue weighted by atomic mass is 10.1. The summed E-state index contributed by atoms with van der Waals surface area (Å²) in [6, 6.07) is 11.8. The number of fused-ring (bicyclic) bond motifs is 3. The number of aromatic nitrogens is 3. The summed E-state index contributed by atoms with van der Waals surface area (Å²) in [6.45, 7) is 6.61. The van der Waals surface area contributed by atoms with E-state index in [0.29, 0.717) is 35.3 Å². The van der Waals surface area contributed by atoms with E-state index in [1.807, 2.05) is 6.07 Å². The fourth-order valence-electron chi connectivity index (χ4n) is 4.86. The number of nitrogen functional groups attached to an aromatic ring is 1. The van der Waals surface area contributed by atoms with Gasteiger partial charge in [-0.25, -0.2) is 4.98 Å². The van der Waals surface area contributed by atoms with Gasteiger partial charge in [0.15, 0.2) is 0 Å². The van der Waals surface area contributed by atoms with Crippen LogP contribution in [0.4, 0.5) is 11.8 Å². The number of hydrogen-bond acceptors (Lipinski definition) is 7. The largest absolute Gasteiger partial charge is 0.369 e. The zero-order valence-electron chi connectivity index (χ0n) is 18.6. The van der Waals surface area contributed by atoms with Crippen LogP contribution in [0.1, 0.15) is 37.3 Å². The molecule has 32 heavy (non-hydrogen) atoms. The predicted octanol–water partition coefficient (Wildman–Crippen LogP) is 2.18. The molecule has 2 bridgehead atoms. The monoisotopic (exact) mass is 433 g/mol. The van der Waals surface area contributed by atoms with Crippen molar-refractivity contribution in [3.63, 3.8) is 0 Å². The van der Waals surface area contributed by atoms with E-state index < -0.39 is 0 Å². The Morgan fingerprint density at radius 1 is 1.16 bits per heavy atom. The van der Waals surface area contributed by atoms with E-state index in [1.165, 1.54) is 12.0 Å². The Morgan fingerprint density at radius 3 is 2.62 bits per heavy atom. The Hall–Kier alpha value is -2.97. The van der Waals surface area contributed by atoms with Crippen molar-refractivity contribution in [2.45, 2.75) is 51.4 Å². The first-order valence-corrected chi connectivity index (χ1v) is 11.6. The van der Waals surface area contributed by atoms with Crippen LogP contribution in [0.5, 0.6) is 0 Å². The molecule has 5 rings (SSSR count). The van der Waals surface area contributed by atoms with E-state index in [1.54, 1.807) is 10.8 Å². The number of nitrogens with zero attached hydrogens (tertiary/aromatic N) is 4. The van der Waals surface area contributed by atoms with Crippen molar-refractivity contribution in [1.29, 1.82) is 0 Å². The maximum Gasteiger partial charge on any atom is 0.264 e. The third kappa shape index (κ3) is 4.20. The fourth-order valence-corrected chi connectivity index (χ4v) is 4.86. The maximum atomic E-state index is 13.3. The summed E-state index contributed by atoms with van der Waals surface area (Å²) in [5, 5.41) is 7.31. The minimum absolute atomic E-state index is 0.105. The first-order valence-electron chi connectivity index (χ1n) is 11.6. The average Bonchev–Trinajstić information content (AvgIpc) is 3.40. The van der Waals surface area contributed by atoms with E-state index in [9.17, 15) is 4.79 Å². The minimum Gasteiger partial charge on any atom is -0.369 e. The van der Waals surface area contributed by atoms with Gasteiger partial charge in [0.1, 0.15) is 11.2 Å². The smallest absolute Gasteiger partial charge is 0.264 e. The molecule has 168 valence electrons. The number of unbranched alkanes of at least 4 members (excludes halogenated alkanes) is 1. The quantitative estimate of drug-likeness (QED) is 0.468. The highest BCUT2D eigenvalue weighted by Gasteiger charge is 2.37. The fraction of sp³-hybridized carbons (Fsp3) is 0.458. The molecule has 0 saturated carbocycles. The van der Waals surface area contributed by atoms with Crippen LogP contribution in [-0.2, 0) is 13.1 Å². The molecule has 2 aliphatic heterocycles. The van der Waals surface area contributed by atoms with Gasteiger partial charge >= 0.3 is 0 Å². The van der Waals surface area contributed by atoms with E-state index in [-0.39, 0.29) is 11.5 Å². The molecule has 0 aliphatic carbocycles. The number of nitrogens with one attached hydrogen (secondary N) is 2. The Kier molecular flexibility index (Phi) is 5.80. The van der Waals surface area contributed by atoms with Gasteiger partial charge in [0.25, 0.3) is 5.56 Å². The van der Waals surface area contributed by atoms with Crippen molar-refractivity contribution in [1.82, 2.24) is 24.8 Å². The van der Waals surface area contributed by atoms with Crippen LogP contribution in [0.2, 0.25) is 0 Å². The standard InChI is InChI=1S/C24H31N7O/c1-2-3-9-26-22-21-20(28-24(25)29-22)8-10-30(23(21)32)13-16-4-6-17(7-5-16)14-31-15-18-11-19(31)12-27-18/h4-8,10,18-19,27H,2-3,9,11-15H2,1H3,(H3,25,26,28,29). The SMILES string of the molecule is CCCCNc1nc(N)nc2ccn(Cc3ccc(CN4CC5CC4CN5)cc3)c(=O)c12. The molecule has 2 aromatic heterocycles. The first kappa shape index (κ1) is 20.9. The van der Waals surface area contributed by atoms with Gasteiger partial charge in [-0.1, -0.05) is 37.6 Å². The topological polar surface area (TPSA) is 101 Å². The molecule has 2 aliphatic rings. The molecule has 4 heterocycles. The molecule has 4 N–H and O–H groups in total. The average molecular weight is 434 g/mol. The van der Waals surface area contributed by atoms with E-state index >= 15 is 0 Å². The molecule has 2 fully saturated rings. The predicted molar refractivity (Wildman–Crippen MR) is 128 cm³/mol. The zero-order valence-corrected chi connectivity index (χ0v) is 18.6. The van der Waals surface area contributed by atoms with E-state index in [0.717, 1.165) is 44.6 Å². The number of rotatable bonds is 8. The number of anilines is 2. The van der Waals surface area contributed by atoms with Crippen LogP contribution >= 0.6 is 0 Å². The highest BCUT2D eigenvalue weighted by atomic mass is 16.1. The van der Waals surface area contributed by atoms with Crippen molar-refractivity contribution in [2.75, 3.05) is 30.7 Å². The van der Waals surface area contributed by atoms with Gasteiger partial charge in [0, 0.05) is 44.5 Å². The van der Waals surface area contributed by atoms with Crippen molar-refractivity contribution in [2.24, 2.45) is 0 Å². The lowest BCUT2D eigenvalue weighted by Crippen LogP contribution is -2.42. The van der Waals surface area contributed by atoms with E-state index in [4.69, 9.17) is 5.73 Å². The third-order valence-electron chi connectivity index (χ3n) is 6.60. The minimum atomic E-state index is -0.105. The Morgan fingerprint density at radius 2 is 1.94 bits per heavy atom. The molecular formula is C24H31N7O. The van der Waals surface area contributed by atoms with Gasteiger partial charge < -0.3 is 20.9 Å². The molecule has 8 heteroatoms. The third-order valence-corrected chi connectivity index (χ3v) is 6.60. The summed E-state index contributed by atoms with van der Waals surface area (Å²) in [5.41, 5.74) is 8.73. The van der Waals surface area contributed by atoms with Gasteiger partial charge in [0.05, 0.1) is 12.1 Å². The van der Waals surface area contributed by atoms with Crippen LogP contribution in [0.15, 0.2) is 41.3 Å². The summed E-state index contributed by atoms with van der Waals surface area (Å²) in [7, 11) is 0. The van der Waals surface area contributed by atoms with Crippen molar-refractivity contribution in [3.8, 4) is 0 Å². The molecule has 3 aromatic rings. The number of piperazine rings is 1. The highest BCUT2D eigenvalue weighted by molar-refractivity contribution is 5.89. The van der Waals surface area contributed by atoms with E-state index in [2.05, 4.69) is 56.7 Å². The van der Waals surface area contributed by atoms with Crippen molar-refractivity contribution >= 4 is 22.7 Å². The van der Waals surface area contributed by atoms with Gasteiger partial charge in [-0.3, -0.25) is 9.69 Å². The van der Waals surface area contributed by atoms with Gasteiger partial charge in [-0.2, -0.15) is 4.98 Å². The number of benzene rings is 1. The summed E-state index contributed by atoms with van der Waals surface area (Å²) >= 11 is 0. The maximum absolute atomic E-state index is 13.3. The lowest BCUT2D eigenvalue weighted by molar-refractivity contribution is 0.218. The van der Waals surface area contributed by atoms with Crippen LogP contribution in [0, 0.1) is 0 Å². The zero-order chi connectivity index (χ0) is 22.1. The summed E-state index contributed by atoms with van der Waals surface area (Å²) in [6.07, 6.45) is 5.11.